The summed E-state index contributed by atoms with van der Waals surface area (Å²) in [5.74, 6) is 0. The third-order valence-electron chi connectivity index (χ3n) is 2.96. The molecule has 0 aliphatic carbocycles. The Bertz CT molecular complexity index is 531. The van der Waals surface area contributed by atoms with Crippen molar-refractivity contribution in [2.75, 3.05) is 6.61 Å². The Hall–Kier alpha value is -1.72. The van der Waals surface area contributed by atoms with E-state index in [0.29, 0.717) is 13.2 Å². The first-order valence-corrected chi connectivity index (χ1v) is 7.29. The number of rotatable bonds is 7. The first kappa shape index (κ1) is 15.7. The molecule has 0 saturated carbocycles. The Morgan fingerprint density at radius 2 is 1.95 bits per heavy atom. The summed E-state index contributed by atoms with van der Waals surface area (Å²) in [5.41, 5.74) is 2.22. The van der Waals surface area contributed by atoms with Crippen LogP contribution in [0.3, 0.4) is 0 Å². The number of benzene rings is 1. The van der Waals surface area contributed by atoms with E-state index >= 15 is 0 Å². The van der Waals surface area contributed by atoms with Crippen molar-refractivity contribution in [3.8, 4) is 0 Å². The normalized spacial score (nSPS) is 11.8. The van der Waals surface area contributed by atoms with Crippen LogP contribution in [0.15, 0.2) is 36.5 Å². The van der Waals surface area contributed by atoms with E-state index in [-0.39, 0.29) is 5.54 Å². The molecule has 114 valence electrons. The number of nitrogens with one attached hydrogen (secondary N) is 1. The zero-order valence-corrected chi connectivity index (χ0v) is 13.0. The van der Waals surface area contributed by atoms with E-state index < -0.39 is 0 Å². The Morgan fingerprint density at radius 3 is 2.67 bits per heavy atom. The largest absolute Gasteiger partial charge is 0.375 e. The first-order chi connectivity index (χ1) is 10.0. The summed E-state index contributed by atoms with van der Waals surface area (Å²) >= 11 is 0. The van der Waals surface area contributed by atoms with Gasteiger partial charge >= 0.3 is 0 Å². The number of nitrogens with zero attached hydrogens (tertiary/aromatic N) is 3. The molecule has 0 amide bonds. The van der Waals surface area contributed by atoms with Gasteiger partial charge < -0.3 is 10.1 Å². The van der Waals surface area contributed by atoms with E-state index in [1.807, 2.05) is 29.1 Å². The molecular formula is C16H24N4O. The summed E-state index contributed by atoms with van der Waals surface area (Å²) in [6.45, 7) is 9.11. The minimum absolute atomic E-state index is 0.0859. The molecule has 0 fully saturated rings. The van der Waals surface area contributed by atoms with Crippen molar-refractivity contribution < 1.29 is 4.74 Å². The van der Waals surface area contributed by atoms with Gasteiger partial charge in [-0.25, -0.2) is 4.68 Å². The first-order valence-electron chi connectivity index (χ1n) is 7.29. The second kappa shape index (κ2) is 7.33. The minimum atomic E-state index is 0.0859. The van der Waals surface area contributed by atoms with Gasteiger partial charge in [0, 0.05) is 18.3 Å². The molecule has 0 bridgehead atoms. The molecule has 1 heterocycles. The van der Waals surface area contributed by atoms with Crippen LogP contribution in [0, 0.1) is 0 Å². The van der Waals surface area contributed by atoms with Gasteiger partial charge in [0.05, 0.1) is 25.5 Å². The van der Waals surface area contributed by atoms with Crippen LogP contribution < -0.4 is 5.32 Å². The van der Waals surface area contributed by atoms with Crippen LogP contribution in [0.5, 0.6) is 0 Å². The van der Waals surface area contributed by atoms with Crippen molar-refractivity contribution in [1.29, 1.82) is 0 Å². The van der Waals surface area contributed by atoms with Gasteiger partial charge in [-0.05, 0) is 26.3 Å². The van der Waals surface area contributed by atoms with Crippen LogP contribution in [0.1, 0.15) is 32.0 Å². The van der Waals surface area contributed by atoms with E-state index in [9.17, 15) is 0 Å². The molecule has 5 nitrogen and oxygen atoms in total. The molecule has 0 spiro atoms. The van der Waals surface area contributed by atoms with Crippen molar-refractivity contribution >= 4 is 0 Å². The fourth-order valence-corrected chi connectivity index (χ4v) is 1.81. The van der Waals surface area contributed by atoms with Crippen molar-refractivity contribution in [2.24, 2.45) is 0 Å². The van der Waals surface area contributed by atoms with E-state index in [1.165, 1.54) is 5.56 Å². The molecule has 21 heavy (non-hydrogen) atoms. The summed E-state index contributed by atoms with van der Waals surface area (Å²) in [7, 11) is 0. The topological polar surface area (TPSA) is 52.0 Å². The van der Waals surface area contributed by atoms with Crippen LogP contribution in [-0.4, -0.2) is 27.1 Å². The molecule has 5 heteroatoms. The lowest BCUT2D eigenvalue weighted by atomic mass is 10.1. The predicted octanol–water partition coefficient (Wildman–Crippen LogP) is 2.38. The van der Waals surface area contributed by atoms with Crippen LogP contribution in [0.25, 0.3) is 0 Å². The molecule has 0 unspecified atom stereocenters. The predicted molar refractivity (Wildman–Crippen MR) is 82.7 cm³/mol. The molecule has 0 saturated heterocycles. The maximum atomic E-state index is 5.64. The highest BCUT2D eigenvalue weighted by atomic mass is 16.5. The van der Waals surface area contributed by atoms with Gasteiger partial charge in [-0.2, -0.15) is 0 Å². The number of hydrogen-bond acceptors (Lipinski definition) is 4. The molecule has 1 aromatic carbocycles. The average molecular weight is 288 g/mol. The van der Waals surface area contributed by atoms with Crippen molar-refractivity contribution in [2.45, 2.75) is 46.0 Å². The lowest BCUT2D eigenvalue weighted by Crippen LogP contribution is -2.35. The third-order valence-corrected chi connectivity index (χ3v) is 2.96. The monoisotopic (exact) mass is 288 g/mol. The highest BCUT2D eigenvalue weighted by Crippen LogP contribution is 2.02. The van der Waals surface area contributed by atoms with E-state index in [1.54, 1.807) is 0 Å². The van der Waals surface area contributed by atoms with Gasteiger partial charge in [0.25, 0.3) is 0 Å². The second-order valence-electron chi connectivity index (χ2n) is 6.11. The fraction of sp³-hybridized carbons (Fsp3) is 0.500. The Morgan fingerprint density at radius 1 is 1.19 bits per heavy atom. The van der Waals surface area contributed by atoms with Crippen molar-refractivity contribution in [3.63, 3.8) is 0 Å². The van der Waals surface area contributed by atoms with Gasteiger partial charge in [0.2, 0.25) is 0 Å². The number of hydrogen-bond donors (Lipinski definition) is 1. The van der Waals surface area contributed by atoms with Crippen LogP contribution in [-0.2, 0) is 24.4 Å². The zero-order chi connectivity index (χ0) is 15.1. The van der Waals surface area contributed by atoms with Crippen LogP contribution in [0.4, 0.5) is 0 Å². The summed E-state index contributed by atoms with van der Waals surface area (Å²) in [6.07, 6.45) is 1.96. The van der Waals surface area contributed by atoms with Gasteiger partial charge in [-0.15, -0.1) is 5.10 Å². The van der Waals surface area contributed by atoms with Gasteiger partial charge in [-0.3, -0.25) is 0 Å². The number of ether oxygens (including phenoxy) is 1. The standard InChI is InChI=1S/C16H24N4O/c1-16(2,3)17-11-15-12-20(19-18-15)9-10-21-13-14-7-5-4-6-8-14/h4-8,12,17H,9-11,13H2,1-3H3. The number of aromatic nitrogens is 3. The summed E-state index contributed by atoms with van der Waals surface area (Å²) in [5, 5.41) is 11.7. The molecule has 1 aromatic heterocycles. The average Bonchev–Trinajstić information content (AvgIpc) is 2.90. The Kier molecular flexibility index (Phi) is 5.47. The molecule has 0 aliphatic rings. The van der Waals surface area contributed by atoms with Gasteiger partial charge in [-0.1, -0.05) is 35.5 Å². The fourth-order valence-electron chi connectivity index (χ4n) is 1.81. The lowest BCUT2D eigenvalue weighted by molar-refractivity contribution is 0.110. The van der Waals surface area contributed by atoms with Gasteiger partial charge in [0.1, 0.15) is 0 Å². The van der Waals surface area contributed by atoms with Gasteiger partial charge in [0.15, 0.2) is 0 Å². The van der Waals surface area contributed by atoms with E-state index in [2.05, 4.69) is 48.5 Å². The highest BCUT2D eigenvalue weighted by molar-refractivity contribution is 5.13. The molecule has 2 aromatic rings. The SMILES string of the molecule is CC(C)(C)NCc1cn(CCOCc2ccccc2)nn1. The molecule has 0 atom stereocenters. The summed E-state index contributed by atoms with van der Waals surface area (Å²) < 4.78 is 7.47. The Labute approximate surface area is 126 Å². The van der Waals surface area contributed by atoms with Crippen molar-refractivity contribution in [3.05, 3.63) is 47.8 Å². The molecule has 2 rings (SSSR count). The maximum Gasteiger partial charge on any atom is 0.0965 e. The summed E-state index contributed by atoms with van der Waals surface area (Å²) in [6, 6.07) is 10.2. The quantitative estimate of drug-likeness (QED) is 0.795. The zero-order valence-electron chi connectivity index (χ0n) is 13.0. The maximum absolute atomic E-state index is 5.64. The lowest BCUT2D eigenvalue weighted by Gasteiger charge is -2.19. The molecule has 0 radical (unpaired) electrons. The second-order valence-corrected chi connectivity index (χ2v) is 6.11. The third kappa shape index (κ3) is 6.06. The van der Waals surface area contributed by atoms with Crippen LogP contribution >= 0.6 is 0 Å². The molecular weight excluding hydrogens is 264 g/mol. The minimum Gasteiger partial charge on any atom is -0.375 e. The highest BCUT2D eigenvalue weighted by Gasteiger charge is 2.09. The molecule has 1 N–H and O–H groups in total. The van der Waals surface area contributed by atoms with Crippen LogP contribution in [0.2, 0.25) is 0 Å². The Balaban J connectivity index is 1.68. The molecule has 0 aliphatic heterocycles. The van der Waals surface area contributed by atoms with Crippen molar-refractivity contribution in [1.82, 2.24) is 20.3 Å². The van der Waals surface area contributed by atoms with E-state index in [4.69, 9.17) is 4.74 Å². The van der Waals surface area contributed by atoms with E-state index in [0.717, 1.165) is 18.8 Å². The smallest absolute Gasteiger partial charge is 0.0965 e. The summed E-state index contributed by atoms with van der Waals surface area (Å²) in [4.78, 5) is 0.